The van der Waals surface area contributed by atoms with E-state index in [1.807, 2.05) is 0 Å². The average Bonchev–Trinajstić information content (AvgIpc) is 3.10. The summed E-state index contributed by atoms with van der Waals surface area (Å²) in [5.74, 6) is 0. The standard InChI is InChI=1S/C22H23NOS/c1-23-12-18-9-5-6-10-21(18)22-16-25-15-19(22)13-24-14-20(23)11-17-7-3-2-4-8-17/h2-10,15-16,20H,11-14H2,1H3/t20-/m0/s1. The van der Waals surface area contributed by atoms with Crippen LogP contribution in [0.4, 0.5) is 0 Å². The van der Waals surface area contributed by atoms with E-state index in [0.29, 0.717) is 12.6 Å². The number of fused-ring (bicyclic) bond motifs is 3. The first-order chi connectivity index (χ1) is 12.3. The Morgan fingerprint density at radius 2 is 1.76 bits per heavy atom. The number of ether oxygens (including phenoxy) is 1. The predicted octanol–water partition coefficient (Wildman–Crippen LogP) is 4.99. The molecule has 25 heavy (non-hydrogen) atoms. The molecule has 128 valence electrons. The number of nitrogens with zero attached hydrogens (tertiary/aromatic N) is 1. The fourth-order valence-electron chi connectivity index (χ4n) is 3.52. The second kappa shape index (κ2) is 7.52. The molecular weight excluding hydrogens is 326 g/mol. The van der Waals surface area contributed by atoms with E-state index in [-0.39, 0.29) is 0 Å². The van der Waals surface area contributed by atoms with E-state index in [0.717, 1.165) is 19.6 Å². The second-order valence-electron chi connectivity index (χ2n) is 6.74. The lowest BCUT2D eigenvalue weighted by molar-refractivity contribution is 0.0572. The van der Waals surface area contributed by atoms with E-state index >= 15 is 0 Å². The van der Waals surface area contributed by atoms with Crippen molar-refractivity contribution in [1.29, 1.82) is 0 Å². The first-order valence-electron chi connectivity index (χ1n) is 8.76. The molecule has 1 atom stereocenters. The Balaban J connectivity index is 1.65. The van der Waals surface area contributed by atoms with Crippen molar-refractivity contribution in [3.63, 3.8) is 0 Å². The lowest BCUT2D eigenvalue weighted by Crippen LogP contribution is -2.37. The third-order valence-corrected chi connectivity index (χ3v) is 5.77. The Morgan fingerprint density at radius 1 is 0.960 bits per heavy atom. The van der Waals surface area contributed by atoms with Crippen LogP contribution in [0.2, 0.25) is 0 Å². The quantitative estimate of drug-likeness (QED) is 0.646. The highest BCUT2D eigenvalue weighted by Gasteiger charge is 2.20. The summed E-state index contributed by atoms with van der Waals surface area (Å²) in [7, 11) is 2.21. The molecule has 0 aliphatic carbocycles. The monoisotopic (exact) mass is 349 g/mol. The molecule has 0 saturated heterocycles. The molecule has 0 saturated carbocycles. The van der Waals surface area contributed by atoms with Crippen LogP contribution in [0.3, 0.4) is 0 Å². The zero-order chi connectivity index (χ0) is 17.1. The molecule has 3 heteroatoms. The van der Waals surface area contributed by atoms with Gasteiger partial charge in [0.1, 0.15) is 0 Å². The van der Waals surface area contributed by atoms with Gasteiger partial charge in [-0.3, -0.25) is 4.90 Å². The van der Waals surface area contributed by atoms with Gasteiger partial charge in [-0.05, 0) is 52.0 Å². The topological polar surface area (TPSA) is 12.5 Å². The Hall–Kier alpha value is -1.94. The first-order valence-corrected chi connectivity index (χ1v) is 9.71. The van der Waals surface area contributed by atoms with Crippen LogP contribution in [-0.2, 0) is 24.3 Å². The summed E-state index contributed by atoms with van der Waals surface area (Å²) >= 11 is 1.76. The summed E-state index contributed by atoms with van der Waals surface area (Å²) in [5, 5.41) is 4.48. The fourth-order valence-corrected chi connectivity index (χ4v) is 4.37. The van der Waals surface area contributed by atoms with E-state index in [2.05, 4.69) is 77.3 Å². The number of rotatable bonds is 2. The lowest BCUT2D eigenvalue weighted by Gasteiger charge is -2.30. The second-order valence-corrected chi connectivity index (χ2v) is 7.49. The number of benzene rings is 2. The Kier molecular flexibility index (Phi) is 4.97. The summed E-state index contributed by atoms with van der Waals surface area (Å²) in [4.78, 5) is 2.43. The smallest absolute Gasteiger partial charge is 0.0731 e. The van der Waals surface area contributed by atoms with Gasteiger partial charge < -0.3 is 4.74 Å². The normalized spacial score (nSPS) is 18.4. The SMILES string of the molecule is CN1Cc2ccccc2-c2cscc2COC[C@@H]1Cc1ccccc1. The number of hydrogen-bond donors (Lipinski definition) is 0. The minimum atomic E-state index is 0.371. The minimum absolute atomic E-state index is 0.371. The Bertz CT molecular complexity index is 827. The molecule has 2 heterocycles. The van der Waals surface area contributed by atoms with E-state index in [9.17, 15) is 0 Å². The van der Waals surface area contributed by atoms with Crippen molar-refractivity contribution in [2.75, 3.05) is 13.7 Å². The molecule has 3 aromatic rings. The molecule has 0 N–H and O–H groups in total. The molecule has 2 nitrogen and oxygen atoms in total. The van der Waals surface area contributed by atoms with E-state index < -0.39 is 0 Å². The lowest BCUT2D eigenvalue weighted by atomic mass is 9.97. The zero-order valence-corrected chi connectivity index (χ0v) is 15.3. The molecule has 2 aromatic carbocycles. The number of likely N-dealkylation sites (N-methyl/N-ethyl adjacent to an activating group) is 1. The van der Waals surface area contributed by atoms with Gasteiger partial charge in [0.2, 0.25) is 0 Å². The Morgan fingerprint density at radius 3 is 2.64 bits per heavy atom. The van der Waals surface area contributed by atoms with Crippen LogP contribution in [0.25, 0.3) is 11.1 Å². The van der Waals surface area contributed by atoms with Crippen LogP contribution in [0, 0.1) is 0 Å². The maximum atomic E-state index is 6.13. The van der Waals surface area contributed by atoms with Gasteiger partial charge in [0.05, 0.1) is 13.2 Å². The number of hydrogen-bond acceptors (Lipinski definition) is 3. The molecule has 1 aromatic heterocycles. The third kappa shape index (κ3) is 3.69. The van der Waals surface area contributed by atoms with Gasteiger partial charge >= 0.3 is 0 Å². The first kappa shape index (κ1) is 16.5. The Labute approximate surface area is 153 Å². The average molecular weight is 349 g/mol. The molecule has 1 aliphatic rings. The highest BCUT2D eigenvalue weighted by atomic mass is 32.1. The molecule has 0 radical (unpaired) electrons. The van der Waals surface area contributed by atoms with Crippen LogP contribution in [-0.4, -0.2) is 24.6 Å². The van der Waals surface area contributed by atoms with Crippen LogP contribution >= 0.6 is 11.3 Å². The highest BCUT2D eigenvalue weighted by Crippen LogP contribution is 2.32. The van der Waals surface area contributed by atoms with Crippen LogP contribution in [0.15, 0.2) is 65.4 Å². The van der Waals surface area contributed by atoms with Gasteiger partial charge in [-0.1, -0.05) is 54.6 Å². The van der Waals surface area contributed by atoms with Crippen molar-refractivity contribution in [3.05, 3.63) is 82.0 Å². The predicted molar refractivity (Wildman–Crippen MR) is 105 cm³/mol. The number of thiophene rings is 1. The maximum Gasteiger partial charge on any atom is 0.0731 e. The van der Waals surface area contributed by atoms with Gasteiger partial charge in [0.25, 0.3) is 0 Å². The summed E-state index contributed by atoms with van der Waals surface area (Å²) in [6.45, 7) is 2.38. The van der Waals surface area contributed by atoms with Crippen molar-refractivity contribution in [2.24, 2.45) is 0 Å². The summed E-state index contributed by atoms with van der Waals surface area (Å²) in [6, 6.07) is 19.9. The molecule has 0 unspecified atom stereocenters. The van der Waals surface area contributed by atoms with Crippen molar-refractivity contribution >= 4 is 11.3 Å². The third-order valence-electron chi connectivity index (χ3n) is 4.97. The van der Waals surface area contributed by atoms with Crippen molar-refractivity contribution in [1.82, 2.24) is 4.90 Å². The molecule has 0 bridgehead atoms. The van der Waals surface area contributed by atoms with Crippen LogP contribution < -0.4 is 0 Å². The van der Waals surface area contributed by atoms with Gasteiger partial charge in [0, 0.05) is 12.6 Å². The van der Waals surface area contributed by atoms with Gasteiger partial charge in [-0.25, -0.2) is 0 Å². The van der Waals surface area contributed by atoms with Crippen molar-refractivity contribution in [2.45, 2.75) is 25.6 Å². The van der Waals surface area contributed by atoms with Crippen LogP contribution in [0.5, 0.6) is 0 Å². The molecule has 0 spiro atoms. The molecule has 0 fully saturated rings. The van der Waals surface area contributed by atoms with Crippen molar-refractivity contribution < 1.29 is 4.74 Å². The zero-order valence-electron chi connectivity index (χ0n) is 14.5. The van der Waals surface area contributed by atoms with E-state index in [1.165, 1.54) is 27.8 Å². The molecule has 1 aliphatic heterocycles. The maximum absolute atomic E-state index is 6.13. The summed E-state index contributed by atoms with van der Waals surface area (Å²) < 4.78 is 6.13. The summed E-state index contributed by atoms with van der Waals surface area (Å²) in [5.41, 5.74) is 6.74. The molecule has 0 amide bonds. The molecular formula is C22H23NOS. The molecule has 4 rings (SSSR count). The van der Waals surface area contributed by atoms with Crippen molar-refractivity contribution in [3.8, 4) is 11.1 Å². The van der Waals surface area contributed by atoms with E-state index in [1.54, 1.807) is 11.3 Å². The largest absolute Gasteiger partial charge is 0.375 e. The highest BCUT2D eigenvalue weighted by molar-refractivity contribution is 7.08. The van der Waals surface area contributed by atoms with Gasteiger partial charge in [-0.15, -0.1) is 0 Å². The van der Waals surface area contributed by atoms with Gasteiger partial charge in [-0.2, -0.15) is 11.3 Å². The van der Waals surface area contributed by atoms with E-state index in [4.69, 9.17) is 4.74 Å². The summed E-state index contributed by atoms with van der Waals surface area (Å²) in [6.07, 6.45) is 1.01. The van der Waals surface area contributed by atoms with Crippen LogP contribution in [0.1, 0.15) is 16.7 Å². The fraction of sp³-hybridized carbons (Fsp3) is 0.273. The minimum Gasteiger partial charge on any atom is -0.375 e. The van der Waals surface area contributed by atoms with Gasteiger partial charge in [0.15, 0.2) is 0 Å².